The summed E-state index contributed by atoms with van der Waals surface area (Å²) in [6, 6.07) is 80.2. The molecule has 7 heteroatoms. The van der Waals surface area contributed by atoms with Gasteiger partial charge in [0, 0.05) is 60.1 Å². The summed E-state index contributed by atoms with van der Waals surface area (Å²) in [5.74, 6) is 0.458. The van der Waals surface area contributed by atoms with Gasteiger partial charge in [0.15, 0.2) is 5.82 Å². The number of hydrogen-bond donors (Lipinski definition) is 0. The van der Waals surface area contributed by atoms with Crippen molar-refractivity contribution >= 4 is 87.5 Å². The molecule has 7 nitrogen and oxygen atoms in total. The first-order valence-electron chi connectivity index (χ1n) is 24.0. The van der Waals surface area contributed by atoms with Gasteiger partial charge in [-0.15, -0.1) is 0 Å². The molecule has 0 saturated carbocycles. The Morgan fingerprint density at radius 2 is 0.958 bits per heavy atom. The highest BCUT2D eigenvalue weighted by Gasteiger charge is 2.28. The summed E-state index contributed by atoms with van der Waals surface area (Å²) in [6.07, 6.45) is 0. The Kier molecular flexibility index (Phi) is 8.59. The average Bonchev–Trinajstić information content (AvgIpc) is 4.21. The lowest BCUT2D eigenvalue weighted by Gasteiger charge is -2.16. The van der Waals surface area contributed by atoms with E-state index in [0.717, 1.165) is 110 Å². The summed E-state index contributed by atoms with van der Waals surface area (Å²) in [7, 11) is 0. The van der Waals surface area contributed by atoms with Crippen molar-refractivity contribution in [2.45, 2.75) is 0 Å². The molecule has 5 aromatic heterocycles. The summed E-state index contributed by atoms with van der Waals surface area (Å²) >= 11 is 0. The molecule has 0 aliphatic heterocycles. The van der Waals surface area contributed by atoms with E-state index in [1.165, 1.54) is 5.39 Å². The first kappa shape index (κ1) is 39.9. The third kappa shape index (κ3) is 5.78. The van der Waals surface area contributed by atoms with Crippen molar-refractivity contribution < 1.29 is 8.83 Å². The molecule has 0 fully saturated rings. The first-order chi connectivity index (χ1) is 35.7. The number of nitriles is 1. The Bertz CT molecular complexity index is 4690. The Morgan fingerprint density at radius 3 is 1.65 bits per heavy atom. The van der Waals surface area contributed by atoms with Gasteiger partial charge in [-0.2, -0.15) is 5.26 Å². The predicted molar refractivity (Wildman–Crippen MR) is 292 cm³/mol. The molecule has 0 saturated heterocycles. The van der Waals surface area contributed by atoms with Crippen LogP contribution in [0.1, 0.15) is 5.56 Å². The maximum Gasteiger partial charge on any atom is 0.164 e. The molecule has 0 amide bonds. The second-order valence-corrected chi connectivity index (χ2v) is 18.3. The van der Waals surface area contributed by atoms with Crippen molar-refractivity contribution in [3.05, 3.63) is 230 Å². The fourth-order valence-electron chi connectivity index (χ4n) is 11.3. The van der Waals surface area contributed by atoms with Gasteiger partial charge in [-0.05, 0) is 72.3 Å². The second-order valence-electron chi connectivity index (χ2n) is 18.3. The molecule has 0 radical (unpaired) electrons. The van der Waals surface area contributed by atoms with Crippen LogP contribution in [-0.2, 0) is 0 Å². The van der Waals surface area contributed by atoms with Gasteiger partial charge in [0.25, 0.3) is 0 Å². The summed E-state index contributed by atoms with van der Waals surface area (Å²) in [5, 5.41) is 19.4. The van der Waals surface area contributed by atoms with Crippen molar-refractivity contribution in [1.82, 2.24) is 19.1 Å². The van der Waals surface area contributed by atoms with Gasteiger partial charge in [-0.3, -0.25) is 0 Å². The van der Waals surface area contributed by atoms with Crippen LogP contribution in [0.5, 0.6) is 0 Å². The van der Waals surface area contributed by atoms with Crippen molar-refractivity contribution in [2.75, 3.05) is 0 Å². The van der Waals surface area contributed by atoms with Crippen LogP contribution in [0.25, 0.3) is 144 Å². The predicted octanol–water partition coefficient (Wildman–Crippen LogP) is 17.0. The Morgan fingerprint density at radius 1 is 0.389 bits per heavy atom. The molecule has 5 heterocycles. The number of hydrogen-bond acceptors (Lipinski definition) is 5. The zero-order chi connectivity index (χ0) is 47.4. The van der Waals surface area contributed by atoms with Gasteiger partial charge in [0.1, 0.15) is 34.0 Å². The van der Waals surface area contributed by atoms with Crippen molar-refractivity contribution in [3.63, 3.8) is 0 Å². The second kappa shape index (κ2) is 15.5. The molecule has 334 valence electrons. The SMILES string of the molecule is N#Cc1c(-c2ccccc2)nc(-c2ccc(-n3c4ccccc4c4c3c(-c3ccc5oc6ccccc6c5c3)cc3c5ccccc5n(-c5ccccc5)c34)c3c2oc2ccccc23)nc1-c1ccccc1. The smallest absolute Gasteiger partial charge is 0.164 e. The number of rotatable bonds is 6. The minimum absolute atomic E-state index is 0.410. The molecule has 15 rings (SSSR count). The standard InChI is InChI=1S/C65H37N5O2/c66-38-51-60(39-18-4-1-5-19-39)67-65(68-61(51)40-20-6-2-7-21-40)47-33-34-54(58-46-27-13-17-31-56(46)72-64(47)58)70-53-29-15-11-26-45(53)59-62(70)48(41-32-35-57-49(36-41)44-25-12-16-30-55(44)71-57)37-50-43-24-10-14-28-52(43)69(63(50)59)42-22-8-3-9-23-42/h1-37H. The van der Waals surface area contributed by atoms with Crippen LogP contribution in [0.3, 0.4) is 0 Å². The highest BCUT2D eigenvalue weighted by molar-refractivity contribution is 6.30. The summed E-state index contributed by atoms with van der Waals surface area (Å²) in [6.45, 7) is 0. The van der Waals surface area contributed by atoms with Crippen molar-refractivity contribution in [2.24, 2.45) is 0 Å². The number of furan rings is 2. The Balaban J connectivity index is 1.10. The zero-order valence-corrected chi connectivity index (χ0v) is 38.4. The monoisotopic (exact) mass is 919 g/mol. The van der Waals surface area contributed by atoms with Crippen LogP contribution in [0.2, 0.25) is 0 Å². The van der Waals surface area contributed by atoms with E-state index < -0.39 is 0 Å². The van der Waals surface area contributed by atoms with Crippen molar-refractivity contribution in [3.8, 4) is 62.5 Å². The normalized spacial score (nSPS) is 11.9. The number of fused-ring (bicyclic) bond motifs is 13. The molecule has 0 bridgehead atoms. The van der Waals surface area contributed by atoms with Crippen LogP contribution in [0.15, 0.2) is 233 Å². The molecule has 0 aliphatic rings. The molecule has 72 heavy (non-hydrogen) atoms. The van der Waals surface area contributed by atoms with Gasteiger partial charge < -0.3 is 18.0 Å². The van der Waals surface area contributed by atoms with E-state index in [-0.39, 0.29) is 0 Å². The zero-order valence-electron chi connectivity index (χ0n) is 38.4. The van der Waals surface area contributed by atoms with E-state index in [1.54, 1.807) is 0 Å². The topological polar surface area (TPSA) is 85.7 Å². The van der Waals surface area contributed by atoms with E-state index in [9.17, 15) is 5.26 Å². The van der Waals surface area contributed by atoms with Crippen molar-refractivity contribution in [1.29, 1.82) is 5.26 Å². The Labute approximate surface area is 411 Å². The minimum Gasteiger partial charge on any atom is -0.456 e. The quantitative estimate of drug-likeness (QED) is 0.166. The van der Waals surface area contributed by atoms with Gasteiger partial charge in [-0.1, -0.05) is 158 Å². The molecular weight excluding hydrogens is 883 g/mol. The van der Waals surface area contributed by atoms with Gasteiger partial charge in [0.2, 0.25) is 0 Å². The average molecular weight is 920 g/mol. The summed E-state index contributed by atoms with van der Waals surface area (Å²) < 4.78 is 18.4. The maximum absolute atomic E-state index is 10.8. The Hall–Kier alpha value is -10.0. The highest BCUT2D eigenvalue weighted by atomic mass is 16.3. The van der Waals surface area contributed by atoms with Gasteiger partial charge >= 0.3 is 0 Å². The van der Waals surface area contributed by atoms with Gasteiger partial charge in [0.05, 0.1) is 50.1 Å². The van der Waals surface area contributed by atoms with Crippen LogP contribution < -0.4 is 0 Å². The molecular formula is C65H37N5O2. The lowest BCUT2D eigenvalue weighted by molar-refractivity contribution is 0.668. The molecule has 0 atom stereocenters. The first-order valence-corrected chi connectivity index (χ1v) is 24.0. The van der Waals surface area contributed by atoms with Crippen LogP contribution >= 0.6 is 0 Å². The van der Waals surface area contributed by atoms with Gasteiger partial charge in [-0.25, -0.2) is 9.97 Å². The number of aromatic nitrogens is 4. The lowest BCUT2D eigenvalue weighted by Crippen LogP contribution is -2.02. The van der Waals surface area contributed by atoms with Crippen LogP contribution in [0.4, 0.5) is 0 Å². The maximum atomic E-state index is 10.8. The fourth-order valence-corrected chi connectivity index (χ4v) is 11.3. The van der Waals surface area contributed by atoms with E-state index in [0.29, 0.717) is 33.9 Å². The molecule has 10 aromatic carbocycles. The number of benzene rings is 10. The third-order valence-corrected chi connectivity index (χ3v) is 14.4. The fraction of sp³-hybridized carbons (Fsp3) is 0. The summed E-state index contributed by atoms with van der Waals surface area (Å²) in [4.78, 5) is 10.5. The highest BCUT2D eigenvalue weighted by Crippen LogP contribution is 2.49. The molecule has 0 spiro atoms. The largest absolute Gasteiger partial charge is 0.456 e. The van der Waals surface area contributed by atoms with Crippen LogP contribution in [-0.4, -0.2) is 19.1 Å². The molecule has 0 aliphatic carbocycles. The van der Waals surface area contributed by atoms with E-state index in [4.69, 9.17) is 18.8 Å². The lowest BCUT2D eigenvalue weighted by atomic mass is 9.96. The van der Waals surface area contributed by atoms with E-state index in [1.807, 2.05) is 84.9 Å². The third-order valence-electron chi connectivity index (χ3n) is 14.4. The molecule has 0 unspecified atom stereocenters. The minimum atomic E-state index is 0.410. The number of para-hydroxylation sites is 5. The number of nitrogens with zero attached hydrogens (tertiary/aromatic N) is 5. The van der Waals surface area contributed by atoms with E-state index in [2.05, 4.69) is 155 Å². The summed E-state index contributed by atoms with van der Waals surface area (Å²) in [5.41, 5.74) is 15.5. The van der Waals surface area contributed by atoms with E-state index >= 15 is 0 Å². The van der Waals surface area contributed by atoms with Crippen LogP contribution in [0, 0.1) is 11.3 Å². The molecule has 15 aromatic rings. The molecule has 0 N–H and O–H groups in total.